The number of rotatable bonds is 6. The van der Waals surface area contributed by atoms with Gasteiger partial charge in [0.05, 0.1) is 6.61 Å². The third-order valence-electron chi connectivity index (χ3n) is 3.98. The third-order valence-corrected chi connectivity index (χ3v) is 3.98. The molecule has 2 aromatic rings. The van der Waals surface area contributed by atoms with Crippen LogP contribution in [0.5, 0.6) is 5.75 Å². The van der Waals surface area contributed by atoms with Gasteiger partial charge in [0, 0.05) is 5.92 Å². The molecule has 0 saturated heterocycles. The zero-order chi connectivity index (χ0) is 16.4. The maximum Gasteiger partial charge on any atom is 0.343 e. The number of nitrogens with zero attached hydrogens (tertiary/aromatic N) is 1. The molecule has 0 N–H and O–H groups in total. The fourth-order valence-corrected chi connectivity index (χ4v) is 2.65. The number of para-hydroxylation sites is 1. The molecule has 1 aliphatic carbocycles. The topological polar surface area (TPSA) is 61.6 Å². The second kappa shape index (κ2) is 6.44. The van der Waals surface area contributed by atoms with Crippen molar-refractivity contribution in [3.8, 4) is 5.75 Å². The van der Waals surface area contributed by atoms with Crippen LogP contribution in [0.4, 0.5) is 0 Å². The van der Waals surface area contributed by atoms with Crippen molar-refractivity contribution in [2.24, 2.45) is 0 Å². The van der Waals surface area contributed by atoms with Crippen molar-refractivity contribution in [2.45, 2.75) is 46.1 Å². The zero-order valence-electron chi connectivity index (χ0n) is 13.7. The molecule has 23 heavy (non-hydrogen) atoms. The number of aryl methyl sites for hydroxylation is 2. The largest absolute Gasteiger partial charge is 0.487 e. The van der Waals surface area contributed by atoms with Gasteiger partial charge in [0.25, 0.3) is 0 Å². The van der Waals surface area contributed by atoms with Crippen LogP contribution in [0.2, 0.25) is 0 Å². The predicted octanol–water partition coefficient (Wildman–Crippen LogP) is 3.92. The smallest absolute Gasteiger partial charge is 0.343 e. The van der Waals surface area contributed by atoms with Crippen LogP contribution in [0.15, 0.2) is 22.7 Å². The molecule has 0 amide bonds. The minimum atomic E-state index is -0.379. The molecule has 0 spiro atoms. The average Bonchev–Trinajstić information content (AvgIpc) is 3.27. The summed E-state index contributed by atoms with van der Waals surface area (Å²) in [6.07, 6.45) is 2.05. The highest BCUT2D eigenvalue weighted by molar-refractivity contribution is 5.92. The van der Waals surface area contributed by atoms with Gasteiger partial charge in [0.1, 0.15) is 23.6 Å². The molecule has 5 nitrogen and oxygen atoms in total. The maximum atomic E-state index is 12.2. The summed E-state index contributed by atoms with van der Waals surface area (Å²) < 4.78 is 16.5. The number of benzene rings is 1. The number of aromatic nitrogens is 1. The van der Waals surface area contributed by atoms with E-state index in [-0.39, 0.29) is 18.5 Å². The van der Waals surface area contributed by atoms with Crippen LogP contribution in [0, 0.1) is 13.8 Å². The second-order valence-corrected chi connectivity index (χ2v) is 5.87. The molecule has 3 rings (SSSR count). The summed E-state index contributed by atoms with van der Waals surface area (Å²) in [7, 11) is 0. The lowest BCUT2D eigenvalue weighted by atomic mass is 10.1. The zero-order valence-corrected chi connectivity index (χ0v) is 13.7. The van der Waals surface area contributed by atoms with Gasteiger partial charge in [-0.2, -0.15) is 0 Å². The molecule has 0 unspecified atom stereocenters. The quantitative estimate of drug-likeness (QED) is 0.756. The van der Waals surface area contributed by atoms with Gasteiger partial charge in [-0.25, -0.2) is 4.79 Å². The van der Waals surface area contributed by atoms with E-state index in [4.69, 9.17) is 14.0 Å². The van der Waals surface area contributed by atoms with Crippen LogP contribution < -0.4 is 4.74 Å². The number of carbonyl (C=O) groups is 1. The Morgan fingerprint density at radius 3 is 2.61 bits per heavy atom. The Balaban J connectivity index is 1.84. The van der Waals surface area contributed by atoms with Crippen LogP contribution in [0.25, 0.3) is 0 Å². The van der Waals surface area contributed by atoms with Gasteiger partial charge in [0.15, 0.2) is 5.76 Å². The average molecular weight is 315 g/mol. The molecule has 1 saturated carbocycles. The van der Waals surface area contributed by atoms with Gasteiger partial charge in [-0.05, 0) is 44.7 Å². The lowest BCUT2D eigenvalue weighted by Crippen LogP contribution is -2.11. The number of hydrogen-bond acceptors (Lipinski definition) is 5. The van der Waals surface area contributed by atoms with Crippen molar-refractivity contribution in [1.82, 2.24) is 5.16 Å². The molecule has 0 bridgehead atoms. The van der Waals surface area contributed by atoms with E-state index in [9.17, 15) is 4.79 Å². The summed E-state index contributed by atoms with van der Waals surface area (Å²) in [5, 5.41) is 4.05. The summed E-state index contributed by atoms with van der Waals surface area (Å²) in [6, 6.07) is 5.98. The summed E-state index contributed by atoms with van der Waals surface area (Å²) >= 11 is 0. The van der Waals surface area contributed by atoms with Crippen LogP contribution in [0.1, 0.15) is 58.6 Å². The fourth-order valence-electron chi connectivity index (χ4n) is 2.65. The van der Waals surface area contributed by atoms with Crippen LogP contribution >= 0.6 is 0 Å². The molecule has 122 valence electrons. The van der Waals surface area contributed by atoms with Gasteiger partial charge in [-0.3, -0.25) is 0 Å². The Labute approximate surface area is 135 Å². The first kappa shape index (κ1) is 15.6. The number of hydrogen-bond donors (Lipinski definition) is 0. The van der Waals surface area contributed by atoms with E-state index in [2.05, 4.69) is 5.16 Å². The summed E-state index contributed by atoms with van der Waals surface area (Å²) in [5.41, 5.74) is 3.05. The molecule has 0 radical (unpaired) electrons. The maximum absolute atomic E-state index is 12.2. The molecule has 1 heterocycles. The van der Waals surface area contributed by atoms with E-state index in [0.717, 1.165) is 29.7 Å². The van der Waals surface area contributed by atoms with Crippen molar-refractivity contribution < 1.29 is 18.8 Å². The SMILES string of the molecule is CCOC(=O)c1c(COc2c(C)cccc2C)noc1C1CC1. The summed E-state index contributed by atoms with van der Waals surface area (Å²) in [5.74, 6) is 1.37. The molecular weight excluding hydrogens is 294 g/mol. The molecule has 1 fully saturated rings. The van der Waals surface area contributed by atoms with Gasteiger partial charge >= 0.3 is 5.97 Å². The lowest BCUT2D eigenvalue weighted by molar-refractivity contribution is 0.0521. The Kier molecular flexibility index (Phi) is 4.37. The lowest BCUT2D eigenvalue weighted by Gasteiger charge is -2.11. The predicted molar refractivity (Wildman–Crippen MR) is 84.7 cm³/mol. The van der Waals surface area contributed by atoms with Gasteiger partial charge in [-0.1, -0.05) is 23.4 Å². The van der Waals surface area contributed by atoms with Crippen molar-refractivity contribution in [3.63, 3.8) is 0 Å². The molecule has 5 heteroatoms. The van der Waals surface area contributed by atoms with Crippen LogP contribution in [-0.4, -0.2) is 17.7 Å². The van der Waals surface area contributed by atoms with Crippen molar-refractivity contribution in [1.29, 1.82) is 0 Å². The number of carbonyl (C=O) groups excluding carboxylic acids is 1. The fraction of sp³-hybridized carbons (Fsp3) is 0.444. The Bertz CT molecular complexity index is 696. The summed E-state index contributed by atoms with van der Waals surface area (Å²) in [6.45, 7) is 6.29. The standard InChI is InChI=1S/C18H21NO4/c1-4-21-18(20)15-14(19-23-17(15)13-8-9-13)10-22-16-11(2)6-5-7-12(16)3/h5-7,13H,4,8-10H2,1-3H3. The highest BCUT2D eigenvalue weighted by Crippen LogP contribution is 2.42. The van der Waals surface area contributed by atoms with Crippen molar-refractivity contribution >= 4 is 5.97 Å². The monoisotopic (exact) mass is 315 g/mol. The van der Waals surface area contributed by atoms with E-state index < -0.39 is 0 Å². The molecule has 1 aromatic carbocycles. The number of esters is 1. The first-order valence-electron chi connectivity index (χ1n) is 7.96. The third kappa shape index (κ3) is 3.23. The molecule has 1 aromatic heterocycles. The van der Waals surface area contributed by atoms with E-state index >= 15 is 0 Å². The molecule has 0 atom stereocenters. The molecule has 0 aliphatic heterocycles. The van der Waals surface area contributed by atoms with Crippen LogP contribution in [-0.2, 0) is 11.3 Å². The van der Waals surface area contributed by atoms with Gasteiger partial charge in [-0.15, -0.1) is 0 Å². The van der Waals surface area contributed by atoms with Crippen molar-refractivity contribution in [2.75, 3.05) is 6.61 Å². The van der Waals surface area contributed by atoms with E-state index in [1.807, 2.05) is 32.0 Å². The number of ether oxygens (including phenoxy) is 2. The van der Waals surface area contributed by atoms with E-state index in [1.165, 1.54) is 0 Å². The Morgan fingerprint density at radius 1 is 1.30 bits per heavy atom. The Hall–Kier alpha value is -2.30. The first-order valence-corrected chi connectivity index (χ1v) is 7.96. The van der Waals surface area contributed by atoms with E-state index in [1.54, 1.807) is 6.92 Å². The van der Waals surface area contributed by atoms with E-state index in [0.29, 0.717) is 23.6 Å². The van der Waals surface area contributed by atoms with Gasteiger partial charge < -0.3 is 14.0 Å². The minimum Gasteiger partial charge on any atom is -0.487 e. The minimum absolute atomic E-state index is 0.191. The van der Waals surface area contributed by atoms with Crippen molar-refractivity contribution in [3.05, 3.63) is 46.3 Å². The van der Waals surface area contributed by atoms with Crippen LogP contribution in [0.3, 0.4) is 0 Å². The van der Waals surface area contributed by atoms with Gasteiger partial charge in [0.2, 0.25) is 0 Å². The summed E-state index contributed by atoms with van der Waals surface area (Å²) in [4.78, 5) is 12.2. The highest BCUT2D eigenvalue weighted by atomic mass is 16.5. The highest BCUT2D eigenvalue weighted by Gasteiger charge is 2.35. The second-order valence-electron chi connectivity index (χ2n) is 5.87. The normalized spacial score (nSPS) is 13.9. The first-order chi connectivity index (χ1) is 11.1. The molecule has 1 aliphatic rings. The molecular formula is C18H21NO4. The Morgan fingerprint density at radius 2 is 2.00 bits per heavy atom.